The first kappa shape index (κ1) is 11.4. The van der Waals surface area contributed by atoms with E-state index in [9.17, 15) is 0 Å². The molecule has 0 aromatic carbocycles. The fourth-order valence-electron chi connectivity index (χ4n) is 2.24. The summed E-state index contributed by atoms with van der Waals surface area (Å²) in [4.78, 5) is 6.82. The molecule has 0 aliphatic carbocycles. The molecule has 88 valence electrons. The van der Waals surface area contributed by atoms with Crippen molar-refractivity contribution in [1.29, 1.82) is 0 Å². The van der Waals surface area contributed by atoms with Gasteiger partial charge < -0.3 is 10.2 Å². The predicted molar refractivity (Wildman–Crippen MR) is 67.9 cm³/mol. The molecule has 0 amide bonds. The quantitative estimate of drug-likeness (QED) is 0.824. The molecule has 1 unspecified atom stereocenters. The summed E-state index contributed by atoms with van der Waals surface area (Å²) >= 11 is 0. The number of nitrogens with zero attached hydrogens (tertiary/aromatic N) is 2. The number of hydrogen-bond acceptors (Lipinski definition) is 3. The molecule has 1 N–H and O–H groups in total. The molecule has 1 saturated heterocycles. The lowest BCUT2D eigenvalue weighted by Crippen LogP contribution is -2.32. The predicted octanol–water partition coefficient (Wildman–Crippen LogP) is 1.97. The number of rotatable bonds is 2. The maximum atomic E-state index is 4.49. The van der Waals surface area contributed by atoms with E-state index >= 15 is 0 Å². The van der Waals surface area contributed by atoms with E-state index in [1.807, 2.05) is 6.20 Å². The zero-order valence-electron chi connectivity index (χ0n) is 10.2. The van der Waals surface area contributed by atoms with Crippen molar-refractivity contribution >= 4 is 5.82 Å². The number of hydrogen-bond donors (Lipinski definition) is 1. The molecule has 0 spiro atoms. The highest BCUT2D eigenvalue weighted by atomic mass is 15.2. The van der Waals surface area contributed by atoms with Gasteiger partial charge in [-0.15, -0.1) is 0 Å². The Hall–Kier alpha value is -1.09. The van der Waals surface area contributed by atoms with Crippen molar-refractivity contribution in [3.63, 3.8) is 0 Å². The van der Waals surface area contributed by atoms with E-state index in [4.69, 9.17) is 0 Å². The van der Waals surface area contributed by atoms with Crippen molar-refractivity contribution < 1.29 is 0 Å². The van der Waals surface area contributed by atoms with Crippen LogP contribution < -0.4 is 10.2 Å². The third-order valence-corrected chi connectivity index (χ3v) is 3.35. The van der Waals surface area contributed by atoms with Crippen molar-refractivity contribution in [2.24, 2.45) is 0 Å². The van der Waals surface area contributed by atoms with Crippen LogP contribution in [0.15, 0.2) is 18.3 Å². The van der Waals surface area contributed by atoms with Gasteiger partial charge in [0.15, 0.2) is 0 Å². The van der Waals surface area contributed by atoms with Gasteiger partial charge in [-0.05, 0) is 50.9 Å². The summed E-state index contributed by atoms with van der Waals surface area (Å²) in [5.74, 6) is 1.09. The molecule has 2 rings (SSSR count). The molecule has 1 aliphatic heterocycles. The van der Waals surface area contributed by atoms with Crippen LogP contribution >= 0.6 is 0 Å². The van der Waals surface area contributed by atoms with Crippen LogP contribution in [0.4, 0.5) is 5.82 Å². The average molecular weight is 219 g/mol. The van der Waals surface area contributed by atoms with Crippen LogP contribution in [-0.4, -0.2) is 31.2 Å². The summed E-state index contributed by atoms with van der Waals surface area (Å²) in [6.07, 6.45) is 5.69. The normalized spacial score (nSPS) is 21.5. The van der Waals surface area contributed by atoms with E-state index in [1.54, 1.807) is 0 Å². The van der Waals surface area contributed by atoms with Crippen molar-refractivity contribution in [2.45, 2.75) is 32.2 Å². The first-order chi connectivity index (χ1) is 7.77. The molecule has 1 fully saturated rings. The molecular weight excluding hydrogens is 198 g/mol. The van der Waals surface area contributed by atoms with E-state index in [-0.39, 0.29) is 0 Å². The zero-order valence-corrected chi connectivity index (χ0v) is 10.2. The standard InChI is InChI=1S/C13H21N3/c1-11-5-6-13(15-10-11)16(2)12-4-3-8-14-9-7-12/h5-6,10,12,14H,3-4,7-9H2,1-2H3. The lowest BCUT2D eigenvalue weighted by molar-refractivity contribution is 0.562. The Morgan fingerprint density at radius 2 is 2.19 bits per heavy atom. The Morgan fingerprint density at radius 3 is 2.94 bits per heavy atom. The monoisotopic (exact) mass is 219 g/mol. The Balaban J connectivity index is 2.04. The highest BCUT2D eigenvalue weighted by molar-refractivity contribution is 5.39. The van der Waals surface area contributed by atoms with E-state index in [1.165, 1.54) is 24.8 Å². The first-order valence-corrected chi connectivity index (χ1v) is 6.13. The molecular formula is C13H21N3. The summed E-state index contributed by atoms with van der Waals surface area (Å²) in [6.45, 7) is 4.36. The van der Waals surface area contributed by atoms with Gasteiger partial charge in [-0.1, -0.05) is 6.07 Å². The van der Waals surface area contributed by atoms with Crippen molar-refractivity contribution in [2.75, 3.05) is 25.0 Å². The van der Waals surface area contributed by atoms with Gasteiger partial charge in [-0.3, -0.25) is 0 Å². The molecule has 3 nitrogen and oxygen atoms in total. The Morgan fingerprint density at radius 1 is 1.31 bits per heavy atom. The van der Waals surface area contributed by atoms with Gasteiger partial charge >= 0.3 is 0 Å². The third kappa shape index (κ3) is 2.73. The molecule has 1 aromatic heterocycles. The molecule has 1 aliphatic rings. The molecule has 16 heavy (non-hydrogen) atoms. The van der Waals surface area contributed by atoms with Gasteiger partial charge in [0.1, 0.15) is 5.82 Å². The second-order valence-corrected chi connectivity index (χ2v) is 4.64. The van der Waals surface area contributed by atoms with E-state index < -0.39 is 0 Å². The van der Waals surface area contributed by atoms with Crippen LogP contribution in [0.25, 0.3) is 0 Å². The lowest BCUT2D eigenvalue weighted by atomic mass is 10.1. The minimum Gasteiger partial charge on any atom is -0.357 e. The van der Waals surface area contributed by atoms with Crippen molar-refractivity contribution in [3.05, 3.63) is 23.9 Å². The van der Waals surface area contributed by atoms with Gasteiger partial charge in [0.05, 0.1) is 0 Å². The Kier molecular flexibility index (Phi) is 3.78. The Labute approximate surface area is 97.9 Å². The summed E-state index contributed by atoms with van der Waals surface area (Å²) in [5, 5.41) is 3.45. The first-order valence-electron chi connectivity index (χ1n) is 6.13. The van der Waals surface area contributed by atoms with E-state index in [2.05, 4.69) is 41.3 Å². The molecule has 3 heteroatoms. The number of pyridine rings is 1. The van der Waals surface area contributed by atoms with Gasteiger partial charge in [-0.25, -0.2) is 4.98 Å². The SMILES string of the molecule is Cc1ccc(N(C)C2CCCNCC2)nc1. The summed E-state index contributed by atoms with van der Waals surface area (Å²) < 4.78 is 0. The number of nitrogens with one attached hydrogen (secondary N) is 1. The summed E-state index contributed by atoms with van der Waals surface area (Å²) in [5.41, 5.74) is 1.22. The summed E-state index contributed by atoms with van der Waals surface area (Å²) in [6, 6.07) is 4.88. The van der Waals surface area contributed by atoms with Gasteiger partial charge in [0.2, 0.25) is 0 Å². The smallest absolute Gasteiger partial charge is 0.128 e. The van der Waals surface area contributed by atoms with Crippen LogP contribution in [0.3, 0.4) is 0 Å². The minimum atomic E-state index is 0.630. The maximum absolute atomic E-state index is 4.49. The highest BCUT2D eigenvalue weighted by Gasteiger charge is 2.17. The lowest BCUT2D eigenvalue weighted by Gasteiger charge is -2.28. The highest BCUT2D eigenvalue weighted by Crippen LogP contribution is 2.18. The van der Waals surface area contributed by atoms with Gasteiger partial charge in [-0.2, -0.15) is 0 Å². The minimum absolute atomic E-state index is 0.630. The molecule has 2 heterocycles. The fraction of sp³-hybridized carbons (Fsp3) is 0.615. The van der Waals surface area contributed by atoms with Crippen LogP contribution in [0.5, 0.6) is 0 Å². The molecule has 0 saturated carbocycles. The molecule has 0 radical (unpaired) electrons. The molecule has 0 bridgehead atoms. The van der Waals surface area contributed by atoms with Crippen LogP contribution in [-0.2, 0) is 0 Å². The largest absolute Gasteiger partial charge is 0.357 e. The fourth-order valence-corrected chi connectivity index (χ4v) is 2.24. The average Bonchev–Trinajstić information content (AvgIpc) is 2.57. The number of aromatic nitrogens is 1. The third-order valence-electron chi connectivity index (χ3n) is 3.35. The van der Waals surface area contributed by atoms with Gasteiger partial charge in [0.25, 0.3) is 0 Å². The second-order valence-electron chi connectivity index (χ2n) is 4.64. The van der Waals surface area contributed by atoms with E-state index in [0.717, 1.165) is 18.9 Å². The number of anilines is 1. The number of aryl methyl sites for hydroxylation is 1. The summed E-state index contributed by atoms with van der Waals surface area (Å²) in [7, 11) is 2.16. The molecule has 1 aromatic rings. The Bertz CT molecular complexity index is 312. The van der Waals surface area contributed by atoms with Crippen LogP contribution in [0.2, 0.25) is 0 Å². The molecule has 1 atom stereocenters. The second kappa shape index (κ2) is 5.30. The van der Waals surface area contributed by atoms with Gasteiger partial charge in [0, 0.05) is 19.3 Å². The van der Waals surface area contributed by atoms with Crippen LogP contribution in [0.1, 0.15) is 24.8 Å². The van der Waals surface area contributed by atoms with Crippen LogP contribution in [0, 0.1) is 6.92 Å². The van der Waals surface area contributed by atoms with Crippen molar-refractivity contribution in [3.8, 4) is 0 Å². The zero-order chi connectivity index (χ0) is 11.4. The maximum Gasteiger partial charge on any atom is 0.128 e. The van der Waals surface area contributed by atoms with E-state index in [0.29, 0.717) is 6.04 Å². The van der Waals surface area contributed by atoms with Crippen molar-refractivity contribution in [1.82, 2.24) is 10.3 Å². The topological polar surface area (TPSA) is 28.2 Å².